The van der Waals surface area contributed by atoms with Crippen LogP contribution in [0.4, 0.5) is 6.01 Å². The fourth-order valence-corrected chi connectivity index (χ4v) is 3.40. The van der Waals surface area contributed by atoms with Crippen molar-refractivity contribution in [2.45, 2.75) is 25.3 Å². The van der Waals surface area contributed by atoms with Crippen molar-refractivity contribution in [2.75, 3.05) is 32.1 Å². The van der Waals surface area contributed by atoms with E-state index in [4.69, 9.17) is 32.5 Å². The van der Waals surface area contributed by atoms with Crippen LogP contribution in [0, 0.1) is 0 Å². The molecule has 2 heterocycles. The fourth-order valence-electron chi connectivity index (χ4n) is 2.88. The second-order valence-electron chi connectivity index (χ2n) is 6.12. The van der Waals surface area contributed by atoms with Crippen LogP contribution in [0.3, 0.4) is 0 Å². The first-order chi connectivity index (χ1) is 12.5. The van der Waals surface area contributed by atoms with E-state index in [9.17, 15) is 4.79 Å². The van der Waals surface area contributed by atoms with Crippen molar-refractivity contribution in [1.29, 1.82) is 0 Å². The number of hydrogen-bond donors (Lipinski definition) is 1. The summed E-state index contributed by atoms with van der Waals surface area (Å²) in [6.07, 6.45) is 2.06. The normalized spacial score (nSPS) is 15.3. The number of halogens is 2. The van der Waals surface area contributed by atoms with Crippen LogP contribution in [0.1, 0.15) is 19.3 Å². The Morgan fingerprint density at radius 2 is 2.00 bits per heavy atom. The van der Waals surface area contributed by atoms with Crippen LogP contribution in [0.15, 0.2) is 22.7 Å². The Hall–Kier alpha value is -1.83. The zero-order valence-corrected chi connectivity index (χ0v) is 15.9. The Bertz CT molecular complexity index is 740. The topological polar surface area (TPSA) is 80.5 Å². The lowest BCUT2D eigenvalue weighted by atomic mass is 10.1. The third-order valence-electron chi connectivity index (χ3n) is 4.24. The monoisotopic (exact) mass is 398 g/mol. The van der Waals surface area contributed by atoms with E-state index in [-0.39, 0.29) is 11.9 Å². The standard InChI is InChI=1S/C17H20Cl2N4O3/c1-25-7-4-15(24)23-5-2-14(3-6-23)20-17-21-16(22-26-17)11-8-12(18)10-13(19)9-11/h8-10,14H,2-7H2,1H3,(H,20,21,22). The van der Waals surface area contributed by atoms with E-state index in [1.54, 1.807) is 25.3 Å². The van der Waals surface area contributed by atoms with Crippen LogP contribution in [-0.4, -0.2) is 53.8 Å². The minimum absolute atomic E-state index is 0.128. The Labute approximate surface area is 161 Å². The fraction of sp³-hybridized carbons (Fsp3) is 0.471. The Morgan fingerprint density at radius 3 is 2.65 bits per heavy atom. The van der Waals surface area contributed by atoms with E-state index in [2.05, 4.69) is 15.5 Å². The summed E-state index contributed by atoms with van der Waals surface area (Å²) in [7, 11) is 1.60. The van der Waals surface area contributed by atoms with Crippen LogP contribution in [-0.2, 0) is 9.53 Å². The number of methoxy groups -OCH3 is 1. The summed E-state index contributed by atoms with van der Waals surface area (Å²) in [5.41, 5.74) is 0.692. The van der Waals surface area contributed by atoms with Crippen LogP contribution in [0.2, 0.25) is 10.0 Å². The largest absolute Gasteiger partial charge is 0.384 e. The van der Waals surface area contributed by atoms with Crippen LogP contribution in [0.5, 0.6) is 0 Å². The van der Waals surface area contributed by atoms with Crippen LogP contribution in [0.25, 0.3) is 11.4 Å². The van der Waals surface area contributed by atoms with Crippen molar-refractivity contribution in [3.05, 3.63) is 28.2 Å². The second-order valence-corrected chi connectivity index (χ2v) is 7.00. The third kappa shape index (κ3) is 4.87. The van der Waals surface area contributed by atoms with Crippen LogP contribution >= 0.6 is 23.2 Å². The maximum absolute atomic E-state index is 12.0. The van der Waals surface area contributed by atoms with Gasteiger partial charge in [0.25, 0.3) is 0 Å². The molecule has 1 aromatic carbocycles. The molecule has 1 N–H and O–H groups in total. The molecule has 1 aromatic heterocycles. The van der Waals surface area contributed by atoms with Gasteiger partial charge in [0.15, 0.2) is 0 Å². The lowest BCUT2D eigenvalue weighted by Gasteiger charge is -2.32. The Kier molecular flexibility index (Phi) is 6.34. The van der Waals surface area contributed by atoms with E-state index < -0.39 is 0 Å². The van der Waals surface area contributed by atoms with Gasteiger partial charge in [0.2, 0.25) is 11.7 Å². The van der Waals surface area contributed by atoms with Gasteiger partial charge in [-0.3, -0.25) is 4.79 Å². The first-order valence-electron chi connectivity index (χ1n) is 8.38. The minimum Gasteiger partial charge on any atom is -0.384 e. The number of nitrogens with zero attached hydrogens (tertiary/aromatic N) is 3. The van der Waals surface area contributed by atoms with Crippen molar-refractivity contribution >= 4 is 35.1 Å². The molecule has 3 rings (SSSR count). The smallest absolute Gasteiger partial charge is 0.322 e. The molecule has 0 radical (unpaired) electrons. The van der Waals surface area contributed by atoms with E-state index in [0.717, 1.165) is 12.8 Å². The van der Waals surface area contributed by atoms with Gasteiger partial charge in [-0.25, -0.2) is 0 Å². The summed E-state index contributed by atoms with van der Waals surface area (Å²) >= 11 is 12.0. The van der Waals surface area contributed by atoms with Gasteiger partial charge in [0, 0.05) is 41.8 Å². The SMILES string of the molecule is COCCC(=O)N1CCC(Nc2nc(-c3cc(Cl)cc(Cl)c3)no2)CC1. The number of hydrogen-bond acceptors (Lipinski definition) is 6. The number of piperidine rings is 1. The molecule has 140 valence electrons. The highest BCUT2D eigenvalue weighted by Crippen LogP contribution is 2.26. The number of anilines is 1. The number of nitrogens with one attached hydrogen (secondary N) is 1. The number of ether oxygens (including phenoxy) is 1. The van der Waals surface area contributed by atoms with E-state index in [1.807, 2.05) is 4.90 Å². The summed E-state index contributed by atoms with van der Waals surface area (Å²) in [6.45, 7) is 1.85. The van der Waals surface area contributed by atoms with Crippen molar-refractivity contribution in [1.82, 2.24) is 15.0 Å². The Balaban J connectivity index is 1.55. The van der Waals surface area contributed by atoms with Crippen molar-refractivity contribution in [3.8, 4) is 11.4 Å². The number of carbonyl (C=O) groups excluding carboxylic acids is 1. The first kappa shape index (κ1) is 18.9. The quantitative estimate of drug-likeness (QED) is 0.801. The molecule has 1 aliphatic heterocycles. The van der Waals surface area contributed by atoms with Crippen molar-refractivity contribution < 1.29 is 14.1 Å². The molecule has 1 aliphatic rings. The van der Waals surface area contributed by atoms with Gasteiger partial charge < -0.3 is 19.5 Å². The van der Waals surface area contributed by atoms with Crippen molar-refractivity contribution in [3.63, 3.8) is 0 Å². The number of amides is 1. The van der Waals surface area contributed by atoms with Crippen molar-refractivity contribution in [2.24, 2.45) is 0 Å². The number of rotatable bonds is 6. The molecule has 1 saturated heterocycles. The number of likely N-dealkylation sites (tertiary alicyclic amines) is 1. The molecule has 0 aliphatic carbocycles. The molecule has 0 atom stereocenters. The average Bonchev–Trinajstić information content (AvgIpc) is 3.08. The number of carbonyl (C=O) groups is 1. The molecule has 0 spiro atoms. The highest BCUT2D eigenvalue weighted by molar-refractivity contribution is 6.35. The van der Waals surface area contributed by atoms with E-state index in [1.165, 1.54) is 0 Å². The molecular weight excluding hydrogens is 379 g/mol. The van der Waals surface area contributed by atoms with Gasteiger partial charge in [-0.2, -0.15) is 4.98 Å². The second kappa shape index (κ2) is 8.70. The Morgan fingerprint density at radius 1 is 1.31 bits per heavy atom. The molecule has 0 unspecified atom stereocenters. The van der Waals surface area contributed by atoms with Gasteiger partial charge in [-0.05, 0) is 31.0 Å². The first-order valence-corrected chi connectivity index (χ1v) is 9.14. The molecule has 1 fully saturated rings. The maximum Gasteiger partial charge on any atom is 0.322 e. The minimum atomic E-state index is 0.128. The highest BCUT2D eigenvalue weighted by atomic mass is 35.5. The lowest BCUT2D eigenvalue weighted by molar-refractivity contribution is -0.133. The van der Waals surface area contributed by atoms with Gasteiger partial charge in [-0.1, -0.05) is 28.4 Å². The highest BCUT2D eigenvalue weighted by Gasteiger charge is 2.23. The molecule has 0 saturated carbocycles. The molecule has 9 heteroatoms. The summed E-state index contributed by atoms with van der Waals surface area (Å²) < 4.78 is 10.2. The molecule has 1 amide bonds. The molecule has 0 bridgehead atoms. The van der Waals surface area contributed by atoms with Gasteiger partial charge in [0.1, 0.15) is 0 Å². The van der Waals surface area contributed by atoms with E-state index in [0.29, 0.717) is 53.6 Å². The third-order valence-corrected chi connectivity index (χ3v) is 4.68. The van der Waals surface area contributed by atoms with E-state index >= 15 is 0 Å². The zero-order valence-electron chi connectivity index (χ0n) is 14.4. The average molecular weight is 399 g/mol. The van der Waals surface area contributed by atoms with Gasteiger partial charge >= 0.3 is 6.01 Å². The maximum atomic E-state index is 12.0. The molecule has 2 aromatic rings. The summed E-state index contributed by atoms with van der Waals surface area (Å²) in [5, 5.41) is 8.22. The molecule has 26 heavy (non-hydrogen) atoms. The summed E-state index contributed by atoms with van der Waals surface area (Å²) in [4.78, 5) is 18.2. The molecule has 7 nitrogen and oxygen atoms in total. The molecular formula is C17H20Cl2N4O3. The predicted octanol–water partition coefficient (Wildman–Crippen LogP) is 3.48. The zero-order chi connectivity index (χ0) is 18.5. The number of aromatic nitrogens is 2. The van der Waals surface area contributed by atoms with Gasteiger partial charge in [0.05, 0.1) is 13.0 Å². The predicted molar refractivity (Wildman–Crippen MR) is 99.5 cm³/mol. The lowest BCUT2D eigenvalue weighted by Crippen LogP contribution is -2.42. The van der Waals surface area contributed by atoms with Gasteiger partial charge in [-0.15, -0.1) is 0 Å². The summed E-state index contributed by atoms with van der Waals surface area (Å²) in [5.74, 6) is 0.548. The number of benzene rings is 1. The summed E-state index contributed by atoms with van der Waals surface area (Å²) in [6, 6.07) is 5.63. The van der Waals surface area contributed by atoms with Crippen LogP contribution < -0.4 is 5.32 Å².